The molecule has 1 saturated heterocycles. The lowest BCUT2D eigenvalue weighted by molar-refractivity contribution is 0.102. The lowest BCUT2D eigenvalue weighted by atomic mass is 10.2. The number of benzene rings is 1. The van der Waals surface area contributed by atoms with Crippen LogP contribution in [0.15, 0.2) is 30.6 Å². The molecule has 1 aliphatic rings. The zero-order valence-corrected chi connectivity index (χ0v) is 13.2. The number of carbonyl (C=O) groups excluding carboxylic acids is 1. The Bertz CT molecular complexity index is 747. The van der Waals surface area contributed by atoms with E-state index in [1.165, 1.54) is 6.33 Å². The lowest BCUT2D eigenvalue weighted by Gasteiger charge is -2.33. The van der Waals surface area contributed by atoms with Gasteiger partial charge in [0.2, 0.25) is 0 Å². The highest BCUT2D eigenvalue weighted by atomic mass is 19.1. The summed E-state index contributed by atoms with van der Waals surface area (Å²) in [4.78, 5) is 24.6. The summed E-state index contributed by atoms with van der Waals surface area (Å²) < 4.78 is 26.6. The van der Waals surface area contributed by atoms with E-state index in [9.17, 15) is 13.6 Å². The summed E-state index contributed by atoms with van der Waals surface area (Å²) in [6.07, 6.45) is 1.35. The van der Waals surface area contributed by atoms with Crippen LogP contribution in [0.4, 0.5) is 20.4 Å². The maximum atomic E-state index is 13.7. The van der Waals surface area contributed by atoms with Crippen LogP contribution in [0.25, 0.3) is 0 Å². The summed E-state index contributed by atoms with van der Waals surface area (Å²) in [7, 11) is 2.06. The molecule has 8 heteroatoms. The quantitative estimate of drug-likeness (QED) is 0.927. The molecule has 0 spiro atoms. The first-order chi connectivity index (χ1) is 11.5. The standard InChI is InChI=1S/C16H17F2N5O/c1-22-4-6-23(7-5-22)15-9-14(19-10-20-15)21-16(24)12-3-2-11(17)8-13(12)18/h2-3,8-10H,4-7H2,1H3,(H,19,20,21,24). The Morgan fingerprint density at radius 3 is 2.58 bits per heavy atom. The Hall–Kier alpha value is -2.61. The first-order valence-corrected chi connectivity index (χ1v) is 7.55. The van der Waals surface area contributed by atoms with Crippen molar-refractivity contribution in [1.82, 2.24) is 14.9 Å². The molecule has 3 rings (SSSR count). The van der Waals surface area contributed by atoms with Crippen molar-refractivity contribution in [2.75, 3.05) is 43.4 Å². The third kappa shape index (κ3) is 3.65. The van der Waals surface area contributed by atoms with Gasteiger partial charge in [-0.2, -0.15) is 0 Å². The van der Waals surface area contributed by atoms with E-state index < -0.39 is 17.5 Å². The van der Waals surface area contributed by atoms with Crippen molar-refractivity contribution >= 4 is 17.5 Å². The Labute approximate surface area is 138 Å². The number of amides is 1. The second-order valence-corrected chi connectivity index (χ2v) is 5.63. The molecule has 2 aromatic rings. The maximum Gasteiger partial charge on any atom is 0.259 e. The molecule has 1 aromatic carbocycles. The van der Waals surface area contributed by atoms with Gasteiger partial charge in [0.15, 0.2) is 0 Å². The van der Waals surface area contributed by atoms with Gasteiger partial charge in [0.05, 0.1) is 5.56 Å². The van der Waals surface area contributed by atoms with Crippen molar-refractivity contribution in [1.29, 1.82) is 0 Å². The van der Waals surface area contributed by atoms with Gasteiger partial charge in [-0.05, 0) is 19.2 Å². The third-order valence-corrected chi connectivity index (χ3v) is 3.90. The van der Waals surface area contributed by atoms with Crippen LogP contribution in [0, 0.1) is 11.6 Å². The van der Waals surface area contributed by atoms with Gasteiger partial charge < -0.3 is 15.1 Å². The van der Waals surface area contributed by atoms with E-state index >= 15 is 0 Å². The summed E-state index contributed by atoms with van der Waals surface area (Å²) >= 11 is 0. The van der Waals surface area contributed by atoms with Gasteiger partial charge in [0.25, 0.3) is 5.91 Å². The predicted octanol–water partition coefficient (Wildman–Crippen LogP) is 1.76. The third-order valence-electron chi connectivity index (χ3n) is 3.90. The minimum absolute atomic E-state index is 0.240. The highest BCUT2D eigenvalue weighted by molar-refractivity contribution is 6.04. The monoisotopic (exact) mass is 333 g/mol. The fourth-order valence-corrected chi connectivity index (χ4v) is 2.48. The number of hydrogen-bond acceptors (Lipinski definition) is 5. The normalized spacial score (nSPS) is 15.4. The molecule has 1 fully saturated rings. The van der Waals surface area contributed by atoms with E-state index in [2.05, 4.69) is 32.1 Å². The molecule has 6 nitrogen and oxygen atoms in total. The molecular weight excluding hydrogens is 316 g/mol. The van der Waals surface area contributed by atoms with Gasteiger partial charge in [-0.3, -0.25) is 4.79 Å². The average molecular weight is 333 g/mol. The summed E-state index contributed by atoms with van der Waals surface area (Å²) in [5.74, 6) is -1.36. The van der Waals surface area contributed by atoms with E-state index in [0.29, 0.717) is 11.9 Å². The molecule has 1 amide bonds. The number of rotatable bonds is 3. The summed E-state index contributed by atoms with van der Waals surface area (Å²) in [6.45, 7) is 3.50. The Kier molecular flexibility index (Phi) is 4.66. The maximum absolute atomic E-state index is 13.7. The SMILES string of the molecule is CN1CCN(c2cc(NC(=O)c3ccc(F)cc3F)ncn2)CC1. The van der Waals surface area contributed by atoms with Crippen molar-refractivity contribution in [3.05, 3.63) is 47.8 Å². The Morgan fingerprint density at radius 1 is 1.12 bits per heavy atom. The van der Waals surface area contributed by atoms with E-state index in [4.69, 9.17) is 0 Å². The smallest absolute Gasteiger partial charge is 0.259 e. The first-order valence-electron chi connectivity index (χ1n) is 7.55. The molecule has 1 aromatic heterocycles. The number of anilines is 2. The summed E-state index contributed by atoms with van der Waals surface area (Å²) in [5, 5.41) is 2.52. The van der Waals surface area contributed by atoms with Crippen molar-refractivity contribution in [2.24, 2.45) is 0 Å². The molecule has 0 radical (unpaired) electrons. The van der Waals surface area contributed by atoms with Gasteiger partial charge >= 0.3 is 0 Å². The molecular formula is C16H17F2N5O. The fraction of sp³-hybridized carbons (Fsp3) is 0.312. The molecule has 1 aliphatic heterocycles. The van der Waals surface area contributed by atoms with Gasteiger partial charge in [0, 0.05) is 38.3 Å². The van der Waals surface area contributed by atoms with E-state index in [1.807, 2.05) is 0 Å². The molecule has 0 aliphatic carbocycles. The fourth-order valence-electron chi connectivity index (χ4n) is 2.48. The topological polar surface area (TPSA) is 61.4 Å². The van der Waals surface area contributed by atoms with E-state index in [0.717, 1.165) is 38.3 Å². The van der Waals surface area contributed by atoms with Crippen LogP contribution in [-0.4, -0.2) is 54.0 Å². The van der Waals surface area contributed by atoms with Gasteiger partial charge in [-0.25, -0.2) is 18.7 Å². The molecule has 2 heterocycles. The number of carbonyl (C=O) groups is 1. The highest BCUT2D eigenvalue weighted by Crippen LogP contribution is 2.17. The summed E-state index contributed by atoms with van der Waals surface area (Å²) in [5.41, 5.74) is -0.240. The van der Waals surface area contributed by atoms with Crippen LogP contribution in [0.1, 0.15) is 10.4 Å². The van der Waals surface area contributed by atoms with E-state index in [-0.39, 0.29) is 11.4 Å². The molecule has 0 saturated carbocycles. The molecule has 0 bridgehead atoms. The predicted molar refractivity (Wildman–Crippen MR) is 86.1 cm³/mol. The molecule has 0 atom stereocenters. The van der Waals surface area contributed by atoms with Crippen LogP contribution in [0.5, 0.6) is 0 Å². The number of nitrogens with zero attached hydrogens (tertiary/aromatic N) is 4. The number of aromatic nitrogens is 2. The number of nitrogens with one attached hydrogen (secondary N) is 1. The molecule has 126 valence electrons. The molecule has 1 N–H and O–H groups in total. The molecule has 0 unspecified atom stereocenters. The van der Waals surface area contributed by atoms with Crippen LogP contribution in [-0.2, 0) is 0 Å². The lowest BCUT2D eigenvalue weighted by Crippen LogP contribution is -2.44. The first kappa shape index (κ1) is 16.3. The second kappa shape index (κ2) is 6.88. The zero-order chi connectivity index (χ0) is 17.1. The second-order valence-electron chi connectivity index (χ2n) is 5.63. The minimum atomic E-state index is -0.916. The number of likely N-dealkylation sites (N-methyl/N-ethyl adjacent to an activating group) is 1. The van der Waals surface area contributed by atoms with Crippen molar-refractivity contribution in [2.45, 2.75) is 0 Å². The van der Waals surface area contributed by atoms with E-state index in [1.54, 1.807) is 6.07 Å². The van der Waals surface area contributed by atoms with Crippen molar-refractivity contribution in [3.8, 4) is 0 Å². The zero-order valence-electron chi connectivity index (χ0n) is 13.2. The van der Waals surface area contributed by atoms with Gasteiger partial charge in [0.1, 0.15) is 29.6 Å². The number of halogens is 2. The van der Waals surface area contributed by atoms with Crippen LogP contribution in [0.3, 0.4) is 0 Å². The van der Waals surface area contributed by atoms with Crippen LogP contribution < -0.4 is 10.2 Å². The van der Waals surface area contributed by atoms with Crippen molar-refractivity contribution in [3.63, 3.8) is 0 Å². The van der Waals surface area contributed by atoms with Crippen LogP contribution in [0.2, 0.25) is 0 Å². The Balaban J connectivity index is 1.73. The van der Waals surface area contributed by atoms with Gasteiger partial charge in [-0.15, -0.1) is 0 Å². The highest BCUT2D eigenvalue weighted by Gasteiger charge is 2.17. The minimum Gasteiger partial charge on any atom is -0.354 e. The number of hydrogen-bond donors (Lipinski definition) is 1. The summed E-state index contributed by atoms with van der Waals surface area (Å²) in [6, 6.07) is 4.45. The largest absolute Gasteiger partial charge is 0.354 e. The van der Waals surface area contributed by atoms with Gasteiger partial charge in [-0.1, -0.05) is 0 Å². The van der Waals surface area contributed by atoms with Crippen LogP contribution >= 0.6 is 0 Å². The molecule has 24 heavy (non-hydrogen) atoms. The van der Waals surface area contributed by atoms with Crippen molar-refractivity contribution < 1.29 is 13.6 Å². The average Bonchev–Trinajstić information content (AvgIpc) is 2.55. The number of piperazine rings is 1. The Morgan fingerprint density at radius 2 is 1.88 bits per heavy atom.